The zero-order valence-electron chi connectivity index (χ0n) is 25.3. The Hall–Kier alpha value is -4.05. The van der Waals surface area contributed by atoms with Crippen molar-refractivity contribution >= 4 is 27.5 Å². The molecule has 230 valence electrons. The number of nitrogens with zero attached hydrogens (tertiary/aromatic N) is 2. The van der Waals surface area contributed by atoms with Crippen molar-refractivity contribution < 1.29 is 27.5 Å². The van der Waals surface area contributed by atoms with Crippen LogP contribution in [0.4, 0.5) is 5.69 Å². The van der Waals surface area contributed by atoms with Gasteiger partial charge in [0.05, 0.1) is 24.8 Å². The molecule has 4 rings (SSSR count). The van der Waals surface area contributed by atoms with E-state index in [1.807, 2.05) is 31.2 Å². The number of carbonyl (C=O) groups is 2. The second-order valence-electron chi connectivity index (χ2n) is 10.8. The smallest absolute Gasteiger partial charge is 0.264 e. The van der Waals surface area contributed by atoms with Crippen molar-refractivity contribution in [2.24, 2.45) is 0 Å². The Kier molecular flexibility index (Phi) is 10.7. The topological polar surface area (TPSA) is 105 Å². The van der Waals surface area contributed by atoms with Gasteiger partial charge in [0.1, 0.15) is 12.6 Å². The minimum Gasteiger partial charge on any atom is -0.493 e. The van der Waals surface area contributed by atoms with Gasteiger partial charge in [-0.15, -0.1) is 0 Å². The summed E-state index contributed by atoms with van der Waals surface area (Å²) in [4.78, 5) is 29.1. The maximum atomic E-state index is 14.2. The van der Waals surface area contributed by atoms with Gasteiger partial charge >= 0.3 is 0 Å². The lowest BCUT2D eigenvalue weighted by Gasteiger charge is -2.33. The Bertz CT molecular complexity index is 1510. The number of carbonyl (C=O) groups excluding carboxylic acids is 2. The predicted octanol–water partition coefficient (Wildman–Crippen LogP) is 5.07. The van der Waals surface area contributed by atoms with Crippen molar-refractivity contribution in [2.45, 2.75) is 69.5 Å². The highest BCUT2D eigenvalue weighted by atomic mass is 32.2. The third-order valence-corrected chi connectivity index (χ3v) is 9.76. The van der Waals surface area contributed by atoms with Crippen LogP contribution in [0.15, 0.2) is 77.7 Å². The summed E-state index contributed by atoms with van der Waals surface area (Å²) in [6.45, 7) is 3.30. The molecule has 0 radical (unpaired) electrons. The Balaban J connectivity index is 1.69. The van der Waals surface area contributed by atoms with Crippen LogP contribution in [0.2, 0.25) is 0 Å². The number of benzene rings is 3. The summed E-state index contributed by atoms with van der Waals surface area (Å²) in [5.74, 6) is -0.117. The number of anilines is 1. The molecule has 43 heavy (non-hydrogen) atoms. The van der Waals surface area contributed by atoms with Crippen LogP contribution in [0.1, 0.15) is 50.2 Å². The SMILES string of the molecule is COc1ccc(S(=O)(=O)N(CC(=O)N(Cc2ccccc2C)[C@H](C)C(=O)NC2CCCCC2)c2ccccc2)cc1OC. The molecule has 1 saturated carbocycles. The van der Waals surface area contributed by atoms with E-state index in [2.05, 4.69) is 5.32 Å². The average molecular weight is 608 g/mol. The van der Waals surface area contributed by atoms with Crippen molar-refractivity contribution in [1.82, 2.24) is 10.2 Å². The molecule has 3 aromatic carbocycles. The summed E-state index contributed by atoms with van der Waals surface area (Å²) in [7, 11) is -1.35. The van der Waals surface area contributed by atoms with Crippen LogP contribution in [-0.2, 0) is 26.2 Å². The Morgan fingerprint density at radius 1 is 0.907 bits per heavy atom. The fraction of sp³-hybridized carbons (Fsp3) is 0.394. The third-order valence-electron chi connectivity index (χ3n) is 7.99. The molecule has 1 N–H and O–H groups in total. The van der Waals surface area contributed by atoms with E-state index >= 15 is 0 Å². The van der Waals surface area contributed by atoms with Crippen LogP contribution < -0.4 is 19.1 Å². The van der Waals surface area contributed by atoms with Crippen molar-refractivity contribution in [3.63, 3.8) is 0 Å². The first-order valence-corrected chi connectivity index (χ1v) is 16.0. The van der Waals surface area contributed by atoms with E-state index in [4.69, 9.17) is 9.47 Å². The van der Waals surface area contributed by atoms with Crippen LogP contribution in [0, 0.1) is 6.92 Å². The van der Waals surface area contributed by atoms with Crippen molar-refractivity contribution in [3.8, 4) is 11.5 Å². The molecule has 0 saturated heterocycles. The molecule has 0 bridgehead atoms. The molecule has 1 atom stereocenters. The highest BCUT2D eigenvalue weighted by Gasteiger charge is 2.33. The fourth-order valence-electron chi connectivity index (χ4n) is 5.35. The lowest BCUT2D eigenvalue weighted by molar-refractivity contribution is -0.139. The molecule has 0 unspecified atom stereocenters. The molecule has 10 heteroatoms. The van der Waals surface area contributed by atoms with Gasteiger partial charge in [0.15, 0.2) is 11.5 Å². The van der Waals surface area contributed by atoms with Gasteiger partial charge in [0, 0.05) is 18.7 Å². The van der Waals surface area contributed by atoms with E-state index in [1.54, 1.807) is 37.3 Å². The van der Waals surface area contributed by atoms with Crippen molar-refractivity contribution in [3.05, 3.63) is 83.9 Å². The molecule has 3 aromatic rings. The van der Waals surface area contributed by atoms with E-state index in [0.29, 0.717) is 11.4 Å². The number of hydrogen-bond acceptors (Lipinski definition) is 6. The van der Waals surface area contributed by atoms with E-state index in [1.165, 1.54) is 37.3 Å². The summed E-state index contributed by atoms with van der Waals surface area (Å²) in [5.41, 5.74) is 2.17. The van der Waals surface area contributed by atoms with Gasteiger partial charge < -0.3 is 19.7 Å². The Morgan fingerprint density at radius 3 is 2.21 bits per heavy atom. The zero-order valence-corrected chi connectivity index (χ0v) is 26.1. The van der Waals surface area contributed by atoms with Gasteiger partial charge in [0.2, 0.25) is 11.8 Å². The maximum Gasteiger partial charge on any atom is 0.264 e. The van der Waals surface area contributed by atoms with Gasteiger partial charge in [0.25, 0.3) is 10.0 Å². The molecular weight excluding hydrogens is 566 g/mol. The third kappa shape index (κ3) is 7.67. The predicted molar refractivity (Wildman–Crippen MR) is 167 cm³/mol. The molecule has 1 aliphatic carbocycles. The summed E-state index contributed by atoms with van der Waals surface area (Å²) in [6.07, 6.45) is 5.10. The minimum atomic E-state index is -4.24. The number of ether oxygens (including phenoxy) is 2. The number of aryl methyl sites for hydroxylation is 1. The second-order valence-corrected chi connectivity index (χ2v) is 12.7. The van der Waals surface area contributed by atoms with Crippen LogP contribution >= 0.6 is 0 Å². The van der Waals surface area contributed by atoms with Crippen LogP contribution in [0.3, 0.4) is 0 Å². The Labute approximate surface area is 254 Å². The number of para-hydroxylation sites is 1. The van der Waals surface area contributed by atoms with Gasteiger partial charge in [-0.25, -0.2) is 8.42 Å². The van der Waals surface area contributed by atoms with Gasteiger partial charge in [-0.05, 0) is 62.1 Å². The van der Waals surface area contributed by atoms with Crippen molar-refractivity contribution in [2.75, 3.05) is 25.1 Å². The second kappa shape index (κ2) is 14.4. The first kappa shape index (κ1) is 31.9. The number of amides is 2. The Morgan fingerprint density at radius 2 is 1.56 bits per heavy atom. The van der Waals surface area contributed by atoms with Crippen LogP contribution in [0.25, 0.3) is 0 Å². The maximum absolute atomic E-state index is 14.2. The molecule has 1 fully saturated rings. The van der Waals surface area contributed by atoms with E-state index in [0.717, 1.165) is 47.5 Å². The highest BCUT2D eigenvalue weighted by molar-refractivity contribution is 7.92. The molecular formula is C33H41N3O6S. The average Bonchev–Trinajstić information content (AvgIpc) is 3.03. The fourth-order valence-corrected chi connectivity index (χ4v) is 6.78. The van der Waals surface area contributed by atoms with Crippen LogP contribution in [0.5, 0.6) is 11.5 Å². The summed E-state index contributed by atoms with van der Waals surface area (Å²) >= 11 is 0. The molecule has 0 aromatic heterocycles. The van der Waals surface area contributed by atoms with Gasteiger partial charge in [-0.3, -0.25) is 13.9 Å². The van der Waals surface area contributed by atoms with Crippen molar-refractivity contribution in [1.29, 1.82) is 0 Å². The summed E-state index contributed by atoms with van der Waals surface area (Å²) in [5, 5.41) is 3.13. The molecule has 9 nitrogen and oxygen atoms in total. The lowest BCUT2D eigenvalue weighted by Crippen LogP contribution is -2.53. The summed E-state index contributed by atoms with van der Waals surface area (Å²) < 4.78 is 39.9. The number of sulfonamides is 1. The van der Waals surface area contributed by atoms with E-state index in [9.17, 15) is 18.0 Å². The molecule has 1 aliphatic rings. The van der Waals surface area contributed by atoms with Crippen LogP contribution in [-0.4, -0.2) is 58.0 Å². The highest BCUT2D eigenvalue weighted by Crippen LogP contribution is 2.32. The largest absolute Gasteiger partial charge is 0.493 e. The minimum absolute atomic E-state index is 0.0599. The first-order chi connectivity index (χ1) is 20.6. The summed E-state index contributed by atoms with van der Waals surface area (Å²) in [6, 6.07) is 19.7. The monoisotopic (exact) mass is 607 g/mol. The quantitative estimate of drug-likeness (QED) is 0.308. The van der Waals surface area contributed by atoms with E-state index < -0.39 is 28.5 Å². The molecule has 0 aliphatic heterocycles. The number of nitrogens with one attached hydrogen (secondary N) is 1. The number of methoxy groups -OCH3 is 2. The zero-order chi connectivity index (χ0) is 31.0. The van der Waals surface area contributed by atoms with Gasteiger partial charge in [-0.2, -0.15) is 0 Å². The normalized spacial score (nSPS) is 14.4. The number of rotatable bonds is 12. The molecule has 0 heterocycles. The standard InChI is InChI=1S/C33H41N3O6S/c1-24-13-11-12-14-26(24)22-35(25(2)33(38)34-27-15-7-5-8-16-27)32(37)23-36(28-17-9-6-10-18-28)43(39,40)29-19-20-30(41-3)31(21-29)42-4/h6,9-14,17-21,25,27H,5,7-8,15-16,22-23H2,1-4H3,(H,34,38)/t25-/m1/s1. The number of hydrogen-bond donors (Lipinski definition) is 1. The first-order valence-electron chi connectivity index (χ1n) is 14.6. The van der Waals surface area contributed by atoms with Gasteiger partial charge in [-0.1, -0.05) is 61.7 Å². The molecule has 2 amide bonds. The molecule has 0 spiro atoms. The lowest BCUT2D eigenvalue weighted by atomic mass is 9.95. The van der Waals surface area contributed by atoms with E-state index in [-0.39, 0.29) is 29.1 Å².